The second-order valence-electron chi connectivity index (χ2n) is 8.72. The highest BCUT2D eigenvalue weighted by Gasteiger charge is 2.47. The minimum absolute atomic E-state index is 0.000889. The fourth-order valence-corrected chi connectivity index (χ4v) is 4.72. The summed E-state index contributed by atoms with van der Waals surface area (Å²) in [6.45, 7) is 0.0388. The maximum absolute atomic E-state index is 14.7. The first kappa shape index (κ1) is 23.0. The molecule has 3 aromatic rings. The van der Waals surface area contributed by atoms with Gasteiger partial charge in [0, 0.05) is 37.3 Å². The molecular weight excluding hydrogens is 470 g/mol. The van der Waals surface area contributed by atoms with Crippen molar-refractivity contribution in [2.75, 3.05) is 25.4 Å². The number of nitrogens with two attached hydrogens (primary N) is 1. The highest BCUT2D eigenvalue weighted by molar-refractivity contribution is 5.95. The number of nitrogens with zero attached hydrogens (tertiary/aromatic N) is 6. The molecule has 9 nitrogen and oxygen atoms in total. The summed E-state index contributed by atoms with van der Waals surface area (Å²) in [4.78, 5) is 35.5. The Bertz CT molecular complexity index is 1300. The second kappa shape index (κ2) is 8.47. The monoisotopic (exact) mass is 491 g/mol. The molecule has 2 aliphatic rings. The van der Waals surface area contributed by atoms with Gasteiger partial charge in [0.2, 0.25) is 5.91 Å². The number of hydrogen-bond donors (Lipinski definition) is 1. The highest BCUT2D eigenvalue weighted by Crippen LogP contribution is 2.35. The molecule has 2 amide bonds. The first-order valence-corrected chi connectivity index (χ1v) is 11.0. The van der Waals surface area contributed by atoms with Crippen LogP contribution in [0.25, 0.3) is 10.9 Å². The van der Waals surface area contributed by atoms with Crippen LogP contribution in [0.5, 0.6) is 0 Å². The average molecular weight is 491 g/mol. The van der Waals surface area contributed by atoms with Crippen LogP contribution < -0.4 is 5.73 Å². The largest absolute Gasteiger partial charge is 0.408 e. The summed E-state index contributed by atoms with van der Waals surface area (Å²) in [5.74, 6) is -1.77. The van der Waals surface area contributed by atoms with Crippen LogP contribution in [0.2, 0.25) is 0 Å². The SMILES string of the molecule is Nc1cc(C(=O)N2CC(c3nn(CC(=O)N4CCC[C@H]4C(F)(F)F)c4cncc(F)c34)C2)ccn1. The van der Waals surface area contributed by atoms with Gasteiger partial charge in [-0.2, -0.15) is 18.3 Å². The number of anilines is 1. The van der Waals surface area contributed by atoms with Gasteiger partial charge in [0.05, 0.1) is 29.0 Å². The maximum Gasteiger partial charge on any atom is 0.408 e. The lowest BCUT2D eigenvalue weighted by Crippen LogP contribution is -2.48. The Balaban J connectivity index is 1.37. The van der Waals surface area contributed by atoms with Crippen molar-refractivity contribution in [3.8, 4) is 0 Å². The normalized spacial score (nSPS) is 18.8. The number of fused-ring (bicyclic) bond motifs is 1. The summed E-state index contributed by atoms with van der Waals surface area (Å²) in [6.07, 6.45) is -0.634. The van der Waals surface area contributed by atoms with Gasteiger partial charge in [-0.05, 0) is 25.0 Å². The number of likely N-dealkylation sites (tertiary alicyclic amines) is 2. The van der Waals surface area contributed by atoms with E-state index in [1.807, 2.05) is 0 Å². The molecule has 2 N–H and O–H groups in total. The van der Waals surface area contributed by atoms with E-state index in [9.17, 15) is 27.2 Å². The van der Waals surface area contributed by atoms with Crippen LogP contribution in [0.1, 0.15) is 34.8 Å². The highest BCUT2D eigenvalue weighted by atomic mass is 19.4. The van der Waals surface area contributed by atoms with Gasteiger partial charge in [-0.15, -0.1) is 0 Å². The second-order valence-corrected chi connectivity index (χ2v) is 8.72. The molecule has 0 saturated carbocycles. The van der Waals surface area contributed by atoms with Crippen LogP contribution in [0.4, 0.5) is 23.4 Å². The van der Waals surface area contributed by atoms with Gasteiger partial charge in [0.1, 0.15) is 18.4 Å². The molecule has 3 aromatic heterocycles. The van der Waals surface area contributed by atoms with Crippen LogP contribution in [0.3, 0.4) is 0 Å². The summed E-state index contributed by atoms with van der Waals surface area (Å²) in [5.41, 5.74) is 6.55. The van der Waals surface area contributed by atoms with Gasteiger partial charge in [0.15, 0.2) is 5.82 Å². The van der Waals surface area contributed by atoms with Gasteiger partial charge < -0.3 is 15.5 Å². The Labute approximate surface area is 196 Å². The quantitative estimate of drug-likeness (QED) is 0.561. The molecule has 2 saturated heterocycles. The first-order chi connectivity index (χ1) is 16.6. The van der Waals surface area contributed by atoms with E-state index >= 15 is 0 Å². The molecule has 5 heterocycles. The van der Waals surface area contributed by atoms with Gasteiger partial charge in [-0.1, -0.05) is 0 Å². The minimum Gasteiger partial charge on any atom is -0.384 e. The molecule has 2 aliphatic heterocycles. The molecule has 0 aliphatic carbocycles. The number of carbonyl (C=O) groups excluding carboxylic acids is 2. The maximum atomic E-state index is 14.7. The van der Waals surface area contributed by atoms with E-state index in [1.165, 1.54) is 23.1 Å². The van der Waals surface area contributed by atoms with E-state index in [0.717, 1.165) is 11.1 Å². The topological polar surface area (TPSA) is 110 Å². The zero-order valence-electron chi connectivity index (χ0n) is 18.4. The van der Waals surface area contributed by atoms with Crippen LogP contribution in [0.15, 0.2) is 30.7 Å². The van der Waals surface area contributed by atoms with Crippen molar-refractivity contribution < 1.29 is 27.2 Å². The number of alkyl halides is 3. The molecule has 184 valence electrons. The number of amides is 2. The third-order valence-corrected chi connectivity index (χ3v) is 6.46. The third kappa shape index (κ3) is 4.15. The van der Waals surface area contributed by atoms with Crippen LogP contribution in [-0.2, 0) is 11.3 Å². The van der Waals surface area contributed by atoms with E-state index in [0.29, 0.717) is 11.3 Å². The van der Waals surface area contributed by atoms with E-state index in [4.69, 9.17) is 5.73 Å². The molecule has 0 radical (unpaired) electrons. The molecule has 0 bridgehead atoms. The molecule has 2 fully saturated rings. The number of rotatable bonds is 4. The van der Waals surface area contributed by atoms with Crippen LogP contribution in [-0.4, -0.2) is 73.2 Å². The third-order valence-electron chi connectivity index (χ3n) is 6.46. The van der Waals surface area contributed by atoms with Crippen molar-refractivity contribution in [1.82, 2.24) is 29.5 Å². The molecule has 13 heteroatoms. The van der Waals surface area contributed by atoms with Crippen LogP contribution in [0, 0.1) is 5.82 Å². The van der Waals surface area contributed by atoms with E-state index in [2.05, 4.69) is 15.1 Å². The van der Waals surface area contributed by atoms with Gasteiger partial charge in [0.25, 0.3) is 5.91 Å². The Hall–Kier alpha value is -3.77. The van der Waals surface area contributed by atoms with Gasteiger partial charge >= 0.3 is 6.18 Å². The van der Waals surface area contributed by atoms with Crippen molar-refractivity contribution in [2.24, 2.45) is 0 Å². The Morgan fingerprint density at radius 3 is 2.69 bits per heavy atom. The molecular formula is C22H21F4N7O2. The number of hydrogen-bond acceptors (Lipinski definition) is 6. The van der Waals surface area contributed by atoms with E-state index in [-0.39, 0.29) is 61.0 Å². The molecule has 5 rings (SSSR count). The number of carbonyl (C=O) groups is 2. The predicted molar refractivity (Wildman–Crippen MR) is 116 cm³/mol. The lowest BCUT2D eigenvalue weighted by atomic mass is 9.93. The number of pyridine rings is 2. The van der Waals surface area contributed by atoms with Crippen molar-refractivity contribution in [3.05, 3.63) is 47.8 Å². The molecule has 0 unspecified atom stereocenters. The lowest BCUT2D eigenvalue weighted by molar-refractivity contribution is -0.183. The Morgan fingerprint density at radius 2 is 1.97 bits per heavy atom. The van der Waals surface area contributed by atoms with Gasteiger partial charge in [-0.3, -0.25) is 19.3 Å². The molecule has 35 heavy (non-hydrogen) atoms. The number of halogens is 4. The van der Waals surface area contributed by atoms with E-state index in [1.54, 1.807) is 11.0 Å². The predicted octanol–water partition coefficient (Wildman–Crippen LogP) is 2.34. The molecule has 0 spiro atoms. The van der Waals surface area contributed by atoms with Gasteiger partial charge in [-0.25, -0.2) is 9.37 Å². The summed E-state index contributed by atoms with van der Waals surface area (Å²) < 4.78 is 55.9. The van der Waals surface area contributed by atoms with Crippen LogP contribution >= 0.6 is 0 Å². The van der Waals surface area contributed by atoms with E-state index < -0.39 is 30.5 Å². The smallest absolute Gasteiger partial charge is 0.384 e. The number of nitrogen functional groups attached to an aromatic ring is 1. The fourth-order valence-electron chi connectivity index (χ4n) is 4.72. The molecule has 0 aromatic carbocycles. The zero-order valence-corrected chi connectivity index (χ0v) is 18.4. The first-order valence-electron chi connectivity index (χ1n) is 11.0. The average Bonchev–Trinajstić information content (AvgIpc) is 3.39. The fraction of sp³-hybridized carbons (Fsp3) is 0.409. The zero-order chi connectivity index (χ0) is 24.9. The molecule has 1 atom stereocenters. The summed E-state index contributed by atoms with van der Waals surface area (Å²) in [7, 11) is 0. The van der Waals surface area contributed by atoms with Crippen molar-refractivity contribution in [2.45, 2.75) is 37.5 Å². The summed E-state index contributed by atoms with van der Waals surface area (Å²) in [6, 6.07) is 1.17. The number of aromatic nitrogens is 4. The minimum atomic E-state index is -4.52. The Morgan fingerprint density at radius 1 is 1.20 bits per heavy atom. The van der Waals surface area contributed by atoms with Crippen molar-refractivity contribution in [3.63, 3.8) is 0 Å². The summed E-state index contributed by atoms with van der Waals surface area (Å²) in [5, 5.41) is 4.54. The standard InChI is InChI=1S/C22H21F4N7O2/c23-14-7-28-8-15-19(14)20(13-9-31(10-13)21(35)12-3-4-29-17(27)6-12)30-33(15)11-18(34)32-5-1-2-16(32)22(24,25)26/h3-4,6-8,13,16H,1-2,5,9-11H2,(H2,27,29)/t16-/m0/s1. The van der Waals surface area contributed by atoms with Crippen molar-refractivity contribution in [1.29, 1.82) is 0 Å². The Kier molecular flexibility index (Phi) is 5.56. The van der Waals surface area contributed by atoms with Crippen molar-refractivity contribution >= 4 is 28.5 Å². The summed E-state index contributed by atoms with van der Waals surface area (Å²) >= 11 is 0. The lowest BCUT2D eigenvalue weighted by Gasteiger charge is -2.38.